The molecule has 0 aliphatic heterocycles. The van der Waals surface area contributed by atoms with Crippen LogP contribution in [0.2, 0.25) is 0 Å². The standard InChI is InChI=1S/C25H29N3O3S/c1-15-11-20(17(3)28(15)16(2)13-31-4)23(29)14-32-24-12-21(25(30)26-18-9-10-18)19-7-5-6-8-22(19)27-24/h5-8,11-12,16,18H,9-10,13-14H2,1-4H3,(H,26,30). The Labute approximate surface area is 192 Å². The molecule has 1 unspecified atom stereocenters. The molecule has 4 rings (SSSR count). The van der Waals surface area contributed by atoms with Crippen LogP contribution < -0.4 is 5.32 Å². The summed E-state index contributed by atoms with van der Waals surface area (Å²) in [6, 6.07) is 11.8. The number of ether oxygens (including phenoxy) is 1. The first-order valence-corrected chi connectivity index (χ1v) is 11.9. The van der Waals surface area contributed by atoms with E-state index in [0.29, 0.717) is 17.2 Å². The average molecular weight is 452 g/mol. The third kappa shape index (κ3) is 4.74. The van der Waals surface area contributed by atoms with Gasteiger partial charge in [0.25, 0.3) is 5.91 Å². The Morgan fingerprint density at radius 1 is 1.22 bits per heavy atom. The fourth-order valence-electron chi connectivity index (χ4n) is 4.17. The van der Waals surface area contributed by atoms with Gasteiger partial charge in [-0.2, -0.15) is 0 Å². The van der Waals surface area contributed by atoms with Crippen molar-refractivity contribution in [3.63, 3.8) is 0 Å². The highest BCUT2D eigenvalue weighted by Gasteiger charge is 2.25. The number of aromatic nitrogens is 2. The Hall–Kier alpha value is -2.64. The van der Waals surface area contributed by atoms with Crippen molar-refractivity contribution in [1.29, 1.82) is 0 Å². The number of aryl methyl sites for hydroxylation is 1. The third-order valence-corrected chi connectivity index (χ3v) is 6.75. The lowest BCUT2D eigenvalue weighted by Crippen LogP contribution is -2.25. The van der Waals surface area contributed by atoms with E-state index in [-0.39, 0.29) is 29.5 Å². The second-order valence-corrected chi connectivity index (χ2v) is 9.44. The van der Waals surface area contributed by atoms with Crippen molar-refractivity contribution in [2.75, 3.05) is 19.5 Å². The molecule has 1 amide bonds. The van der Waals surface area contributed by atoms with Crippen LogP contribution in [0.25, 0.3) is 10.9 Å². The van der Waals surface area contributed by atoms with Crippen LogP contribution in [0, 0.1) is 13.8 Å². The molecule has 1 saturated carbocycles. The lowest BCUT2D eigenvalue weighted by Gasteiger charge is -2.17. The summed E-state index contributed by atoms with van der Waals surface area (Å²) in [6.07, 6.45) is 2.07. The Balaban J connectivity index is 1.55. The van der Waals surface area contributed by atoms with E-state index in [0.717, 1.165) is 40.7 Å². The van der Waals surface area contributed by atoms with Crippen molar-refractivity contribution in [3.05, 3.63) is 58.9 Å². The molecular formula is C25H29N3O3S. The highest BCUT2D eigenvalue weighted by atomic mass is 32.2. The minimum atomic E-state index is -0.0741. The summed E-state index contributed by atoms with van der Waals surface area (Å²) in [7, 11) is 1.68. The number of amides is 1. The number of fused-ring (bicyclic) bond motifs is 1. The van der Waals surface area contributed by atoms with Gasteiger partial charge >= 0.3 is 0 Å². The zero-order valence-corrected chi connectivity index (χ0v) is 19.8. The van der Waals surface area contributed by atoms with E-state index >= 15 is 0 Å². The van der Waals surface area contributed by atoms with Crippen molar-refractivity contribution >= 4 is 34.4 Å². The maximum absolute atomic E-state index is 13.0. The molecule has 2 aromatic heterocycles. The average Bonchev–Trinajstić information content (AvgIpc) is 3.53. The number of carbonyl (C=O) groups is 2. The van der Waals surface area contributed by atoms with Crippen molar-refractivity contribution in [1.82, 2.24) is 14.9 Å². The molecule has 3 aromatic rings. The lowest BCUT2D eigenvalue weighted by atomic mass is 10.1. The SMILES string of the molecule is COCC(C)n1c(C)cc(C(=O)CSc2cc(C(=O)NC3CC3)c3ccccc3n2)c1C. The van der Waals surface area contributed by atoms with Gasteiger partial charge in [0.2, 0.25) is 0 Å². The zero-order chi connectivity index (χ0) is 22.8. The second kappa shape index (κ2) is 9.46. The summed E-state index contributed by atoms with van der Waals surface area (Å²) in [5.41, 5.74) is 4.10. The van der Waals surface area contributed by atoms with Crippen molar-refractivity contribution in [2.24, 2.45) is 0 Å². The minimum Gasteiger partial charge on any atom is -0.383 e. The molecule has 1 aliphatic rings. The van der Waals surface area contributed by atoms with Crippen LogP contribution in [0.1, 0.15) is 57.9 Å². The predicted octanol–water partition coefficient (Wildman–Crippen LogP) is 4.73. The molecule has 1 aromatic carbocycles. The molecular weight excluding hydrogens is 422 g/mol. The van der Waals surface area contributed by atoms with E-state index in [1.165, 1.54) is 11.8 Å². The Morgan fingerprint density at radius 3 is 2.69 bits per heavy atom. The molecule has 1 aliphatic carbocycles. The monoisotopic (exact) mass is 451 g/mol. The van der Waals surface area contributed by atoms with Gasteiger partial charge in [0, 0.05) is 35.5 Å². The number of thioether (sulfide) groups is 1. The zero-order valence-electron chi connectivity index (χ0n) is 19.0. The number of hydrogen-bond donors (Lipinski definition) is 1. The van der Waals surface area contributed by atoms with E-state index < -0.39 is 0 Å². The molecule has 7 heteroatoms. The first kappa shape index (κ1) is 22.6. The van der Waals surface area contributed by atoms with Crippen molar-refractivity contribution in [3.8, 4) is 0 Å². The maximum Gasteiger partial charge on any atom is 0.252 e. The fourth-order valence-corrected chi connectivity index (χ4v) is 4.97. The van der Waals surface area contributed by atoms with Gasteiger partial charge in [-0.05, 0) is 51.8 Å². The summed E-state index contributed by atoms with van der Waals surface area (Å²) < 4.78 is 7.43. The molecule has 2 heterocycles. The summed E-state index contributed by atoms with van der Waals surface area (Å²) in [6.45, 7) is 6.66. The third-order valence-electron chi connectivity index (χ3n) is 5.83. The topological polar surface area (TPSA) is 73.2 Å². The van der Waals surface area contributed by atoms with Gasteiger partial charge in [0.15, 0.2) is 5.78 Å². The molecule has 0 saturated heterocycles. The van der Waals surface area contributed by atoms with E-state index in [1.54, 1.807) is 7.11 Å². The van der Waals surface area contributed by atoms with E-state index in [4.69, 9.17) is 4.74 Å². The molecule has 168 valence electrons. The Kier molecular flexibility index (Phi) is 6.67. The highest BCUT2D eigenvalue weighted by Crippen LogP contribution is 2.28. The number of rotatable bonds is 9. The number of methoxy groups -OCH3 is 1. The molecule has 1 N–H and O–H groups in total. The van der Waals surface area contributed by atoms with Gasteiger partial charge in [-0.15, -0.1) is 0 Å². The number of nitrogens with one attached hydrogen (secondary N) is 1. The first-order chi connectivity index (χ1) is 15.4. The second-order valence-electron chi connectivity index (χ2n) is 8.44. The normalized spacial score (nSPS) is 14.5. The van der Waals surface area contributed by atoms with E-state index in [1.807, 2.05) is 50.2 Å². The Morgan fingerprint density at radius 2 is 1.97 bits per heavy atom. The first-order valence-electron chi connectivity index (χ1n) is 10.9. The Bertz CT molecular complexity index is 1170. The number of nitrogens with zero attached hydrogens (tertiary/aromatic N) is 2. The predicted molar refractivity (Wildman–Crippen MR) is 128 cm³/mol. The molecule has 1 atom stereocenters. The number of benzene rings is 1. The fraction of sp³-hybridized carbons (Fsp3) is 0.400. The number of hydrogen-bond acceptors (Lipinski definition) is 5. The van der Waals surface area contributed by atoms with Gasteiger partial charge in [0.05, 0.1) is 34.5 Å². The maximum atomic E-state index is 13.0. The molecule has 0 spiro atoms. The number of Topliss-reactive ketones (excluding diaryl/α,β-unsaturated/α-hetero) is 1. The molecule has 6 nitrogen and oxygen atoms in total. The van der Waals surface area contributed by atoms with Gasteiger partial charge in [-0.3, -0.25) is 9.59 Å². The largest absolute Gasteiger partial charge is 0.383 e. The van der Waals surface area contributed by atoms with Gasteiger partial charge in [-0.25, -0.2) is 4.98 Å². The molecule has 0 radical (unpaired) electrons. The summed E-state index contributed by atoms with van der Waals surface area (Å²) in [4.78, 5) is 30.5. The summed E-state index contributed by atoms with van der Waals surface area (Å²) in [5.74, 6) is 0.241. The molecule has 32 heavy (non-hydrogen) atoms. The van der Waals surface area contributed by atoms with Crippen LogP contribution >= 0.6 is 11.8 Å². The van der Waals surface area contributed by atoms with Gasteiger partial charge in [-0.1, -0.05) is 30.0 Å². The summed E-state index contributed by atoms with van der Waals surface area (Å²) >= 11 is 1.37. The number of pyridine rings is 1. The van der Waals surface area contributed by atoms with Gasteiger partial charge < -0.3 is 14.6 Å². The van der Waals surface area contributed by atoms with Crippen molar-refractivity contribution in [2.45, 2.75) is 50.7 Å². The smallest absolute Gasteiger partial charge is 0.252 e. The van der Waals surface area contributed by atoms with Crippen molar-refractivity contribution < 1.29 is 14.3 Å². The quantitative estimate of drug-likeness (QED) is 0.376. The van der Waals surface area contributed by atoms with Crippen LogP contribution in [-0.2, 0) is 4.74 Å². The van der Waals surface area contributed by atoms with Crippen LogP contribution in [0.15, 0.2) is 41.4 Å². The number of carbonyl (C=O) groups excluding carboxylic acids is 2. The minimum absolute atomic E-state index is 0.0536. The van der Waals surface area contributed by atoms with Crippen LogP contribution in [0.5, 0.6) is 0 Å². The van der Waals surface area contributed by atoms with Crippen LogP contribution in [0.4, 0.5) is 0 Å². The lowest BCUT2D eigenvalue weighted by molar-refractivity contribution is 0.0951. The van der Waals surface area contributed by atoms with E-state index in [2.05, 4.69) is 21.8 Å². The molecule has 1 fully saturated rings. The highest BCUT2D eigenvalue weighted by molar-refractivity contribution is 7.99. The van der Waals surface area contributed by atoms with Gasteiger partial charge in [0.1, 0.15) is 0 Å². The number of ketones is 1. The molecule has 0 bridgehead atoms. The summed E-state index contributed by atoms with van der Waals surface area (Å²) in [5, 5.41) is 4.57. The van der Waals surface area contributed by atoms with Crippen LogP contribution in [-0.4, -0.2) is 46.8 Å². The van der Waals surface area contributed by atoms with Crippen LogP contribution in [0.3, 0.4) is 0 Å². The number of para-hydroxylation sites is 1. The van der Waals surface area contributed by atoms with E-state index in [9.17, 15) is 9.59 Å².